The first-order chi connectivity index (χ1) is 14.6. The topological polar surface area (TPSA) is 55.8 Å². The summed E-state index contributed by atoms with van der Waals surface area (Å²) in [5.41, 5.74) is 1.96. The van der Waals surface area contributed by atoms with E-state index in [1.165, 1.54) is 0 Å². The van der Waals surface area contributed by atoms with E-state index in [9.17, 15) is 9.59 Å². The Labute approximate surface area is 178 Å². The second kappa shape index (κ2) is 10.6. The predicted octanol–water partition coefficient (Wildman–Crippen LogP) is 4.57. The molecular weight excluding hydrogens is 378 g/mol. The monoisotopic (exact) mass is 407 g/mol. The van der Waals surface area contributed by atoms with Crippen LogP contribution in [0, 0.1) is 0 Å². The van der Waals surface area contributed by atoms with E-state index >= 15 is 0 Å². The van der Waals surface area contributed by atoms with Crippen molar-refractivity contribution >= 4 is 23.5 Å². The van der Waals surface area contributed by atoms with Gasteiger partial charge in [0.25, 0.3) is 5.91 Å². The van der Waals surface area contributed by atoms with Crippen molar-refractivity contribution in [3.8, 4) is 5.75 Å². The van der Waals surface area contributed by atoms with Crippen LogP contribution >= 0.6 is 0 Å². The molecule has 1 heterocycles. The Morgan fingerprint density at radius 2 is 1.90 bits per heavy atom. The van der Waals surface area contributed by atoms with E-state index in [-0.39, 0.29) is 18.6 Å². The minimum absolute atomic E-state index is 0.122. The second-order valence-electron chi connectivity index (χ2n) is 7.42. The van der Waals surface area contributed by atoms with Gasteiger partial charge in [0.05, 0.1) is 12.7 Å². The molecule has 3 rings (SSSR count). The molecule has 0 aliphatic carbocycles. The molecule has 5 heteroatoms. The lowest BCUT2D eigenvalue weighted by Gasteiger charge is -2.35. The summed E-state index contributed by atoms with van der Waals surface area (Å²) in [4.78, 5) is 27.5. The number of amides is 1. The molecule has 1 fully saturated rings. The van der Waals surface area contributed by atoms with Crippen molar-refractivity contribution in [1.82, 2.24) is 4.90 Å². The maximum Gasteiger partial charge on any atom is 0.339 e. The average molecular weight is 408 g/mol. The van der Waals surface area contributed by atoms with Crippen molar-refractivity contribution in [2.45, 2.75) is 38.6 Å². The first kappa shape index (κ1) is 21.6. The van der Waals surface area contributed by atoms with Crippen LogP contribution in [0.15, 0.2) is 54.6 Å². The highest BCUT2D eigenvalue weighted by Crippen LogP contribution is 2.23. The summed E-state index contributed by atoms with van der Waals surface area (Å²) in [6.45, 7) is 2.59. The van der Waals surface area contributed by atoms with Crippen LogP contribution < -0.4 is 4.74 Å². The Bertz CT molecular complexity index is 891. The van der Waals surface area contributed by atoms with Gasteiger partial charge in [0.2, 0.25) is 0 Å². The fourth-order valence-corrected chi connectivity index (χ4v) is 3.82. The minimum Gasteiger partial charge on any atom is -0.497 e. The number of hydrogen-bond donors (Lipinski definition) is 0. The lowest BCUT2D eigenvalue weighted by molar-refractivity contribution is -0.149. The number of hydrogen-bond acceptors (Lipinski definition) is 4. The van der Waals surface area contributed by atoms with Gasteiger partial charge in [0.15, 0.2) is 6.61 Å². The van der Waals surface area contributed by atoms with Crippen molar-refractivity contribution in [2.75, 3.05) is 20.3 Å². The third kappa shape index (κ3) is 5.50. The summed E-state index contributed by atoms with van der Waals surface area (Å²) in [5.74, 6) is 0.0709. The summed E-state index contributed by atoms with van der Waals surface area (Å²) in [6.07, 6.45) is 5.84. The van der Waals surface area contributed by atoms with Crippen molar-refractivity contribution < 1.29 is 19.1 Å². The van der Waals surface area contributed by atoms with Gasteiger partial charge in [0.1, 0.15) is 5.75 Å². The van der Waals surface area contributed by atoms with Crippen LogP contribution in [0.5, 0.6) is 5.75 Å². The number of likely N-dealkylation sites (tertiary alicyclic amines) is 1. The number of nitrogens with zero attached hydrogens (tertiary/aromatic N) is 1. The molecule has 1 amide bonds. The lowest BCUT2D eigenvalue weighted by atomic mass is 10.00. The maximum atomic E-state index is 12.9. The van der Waals surface area contributed by atoms with Gasteiger partial charge >= 0.3 is 5.97 Å². The molecule has 0 aromatic heterocycles. The molecule has 2 aromatic rings. The minimum atomic E-state index is -0.512. The fourth-order valence-electron chi connectivity index (χ4n) is 3.82. The number of esters is 1. The summed E-state index contributed by atoms with van der Waals surface area (Å²) in [6, 6.07) is 17.0. The van der Waals surface area contributed by atoms with E-state index in [0.29, 0.717) is 11.3 Å². The lowest BCUT2D eigenvalue weighted by Crippen LogP contribution is -2.45. The quantitative estimate of drug-likeness (QED) is 0.383. The van der Waals surface area contributed by atoms with Crippen LogP contribution in [-0.4, -0.2) is 43.1 Å². The van der Waals surface area contributed by atoms with Gasteiger partial charge in [-0.15, -0.1) is 0 Å². The van der Waals surface area contributed by atoms with Crippen LogP contribution in [0.4, 0.5) is 0 Å². The standard InChI is InChI=1S/C25H29NO4/c1-3-21-13-7-8-15-26(21)24(27)18-30-25(28)23(20-11-5-4-6-12-20)17-19-10-9-14-22(16-19)29-2/h4-6,9-12,14,16-17,21H,3,7-8,13,15,18H2,1-2H3/b23-17+/t21-/m0/s1. The van der Waals surface area contributed by atoms with Crippen LogP contribution in [0.1, 0.15) is 43.7 Å². The van der Waals surface area contributed by atoms with E-state index in [0.717, 1.165) is 43.4 Å². The molecule has 1 saturated heterocycles. The van der Waals surface area contributed by atoms with Crippen molar-refractivity contribution in [1.29, 1.82) is 0 Å². The summed E-state index contributed by atoms with van der Waals surface area (Å²) >= 11 is 0. The highest BCUT2D eigenvalue weighted by molar-refractivity contribution is 6.21. The van der Waals surface area contributed by atoms with Gasteiger partial charge in [0, 0.05) is 12.6 Å². The van der Waals surface area contributed by atoms with Crippen molar-refractivity contribution in [3.05, 3.63) is 65.7 Å². The molecule has 0 bridgehead atoms. The number of carbonyl (C=O) groups excluding carboxylic acids is 2. The molecule has 1 aliphatic rings. The Morgan fingerprint density at radius 1 is 1.10 bits per heavy atom. The Hall–Kier alpha value is -3.08. The van der Waals surface area contributed by atoms with Crippen LogP contribution in [0.2, 0.25) is 0 Å². The first-order valence-corrected chi connectivity index (χ1v) is 10.5. The molecule has 1 aliphatic heterocycles. The zero-order chi connectivity index (χ0) is 21.3. The molecule has 0 unspecified atom stereocenters. The van der Waals surface area contributed by atoms with Gasteiger partial charge in [-0.1, -0.05) is 49.4 Å². The van der Waals surface area contributed by atoms with Gasteiger partial charge < -0.3 is 14.4 Å². The third-order valence-corrected chi connectivity index (χ3v) is 5.45. The maximum absolute atomic E-state index is 12.9. The molecule has 30 heavy (non-hydrogen) atoms. The van der Waals surface area contributed by atoms with Crippen LogP contribution in [-0.2, 0) is 14.3 Å². The fraction of sp³-hybridized carbons (Fsp3) is 0.360. The highest BCUT2D eigenvalue weighted by atomic mass is 16.5. The third-order valence-electron chi connectivity index (χ3n) is 5.45. The first-order valence-electron chi connectivity index (χ1n) is 10.5. The number of benzene rings is 2. The Kier molecular flexibility index (Phi) is 7.66. The molecule has 2 aromatic carbocycles. The van der Waals surface area contributed by atoms with Gasteiger partial charge in [-0.2, -0.15) is 0 Å². The van der Waals surface area contributed by atoms with Crippen molar-refractivity contribution in [2.24, 2.45) is 0 Å². The molecule has 0 N–H and O–H groups in total. The SMILES string of the molecule is CC[C@H]1CCCCN1C(=O)COC(=O)/C(=C/c1cccc(OC)c1)c1ccccc1. The Morgan fingerprint density at radius 3 is 2.63 bits per heavy atom. The van der Waals surface area contributed by atoms with Gasteiger partial charge in [-0.3, -0.25) is 4.79 Å². The number of carbonyl (C=O) groups is 2. The summed E-state index contributed by atoms with van der Waals surface area (Å²) in [7, 11) is 1.60. The molecule has 0 saturated carbocycles. The zero-order valence-corrected chi connectivity index (χ0v) is 17.7. The van der Waals surface area contributed by atoms with E-state index < -0.39 is 5.97 Å². The molecule has 5 nitrogen and oxygen atoms in total. The van der Waals surface area contributed by atoms with Crippen LogP contribution in [0.3, 0.4) is 0 Å². The average Bonchev–Trinajstić information content (AvgIpc) is 2.81. The number of rotatable bonds is 7. The summed E-state index contributed by atoms with van der Waals surface area (Å²) in [5, 5.41) is 0. The van der Waals surface area contributed by atoms with Gasteiger partial charge in [-0.05, 0) is 55.0 Å². The largest absolute Gasteiger partial charge is 0.497 e. The molecule has 158 valence electrons. The van der Waals surface area contributed by atoms with E-state index in [1.807, 2.05) is 59.5 Å². The predicted molar refractivity (Wildman–Crippen MR) is 118 cm³/mol. The second-order valence-corrected chi connectivity index (χ2v) is 7.42. The Balaban J connectivity index is 1.77. The molecular formula is C25H29NO4. The number of ether oxygens (including phenoxy) is 2. The zero-order valence-electron chi connectivity index (χ0n) is 17.7. The molecule has 1 atom stereocenters. The smallest absolute Gasteiger partial charge is 0.339 e. The number of piperidine rings is 1. The van der Waals surface area contributed by atoms with Crippen molar-refractivity contribution in [3.63, 3.8) is 0 Å². The normalized spacial score (nSPS) is 16.8. The van der Waals surface area contributed by atoms with E-state index in [1.54, 1.807) is 13.2 Å². The number of methoxy groups -OCH3 is 1. The molecule has 0 spiro atoms. The summed E-state index contributed by atoms with van der Waals surface area (Å²) < 4.78 is 10.7. The van der Waals surface area contributed by atoms with Gasteiger partial charge in [-0.25, -0.2) is 4.79 Å². The molecule has 0 radical (unpaired) electrons. The van der Waals surface area contributed by atoms with Crippen LogP contribution in [0.25, 0.3) is 11.6 Å². The highest BCUT2D eigenvalue weighted by Gasteiger charge is 2.26. The van der Waals surface area contributed by atoms with E-state index in [2.05, 4.69) is 6.92 Å². The van der Waals surface area contributed by atoms with E-state index in [4.69, 9.17) is 9.47 Å².